The van der Waals surface area contributed by atoms with Gasteiger partial charge in [-0.3, -0.25) is 4.90 Å². The van der Waals surface area contributed by atoms with E-state index in [4.69, 9.17) is 10.5 Å². The number of hydrogen-bond acceptors (Lipinski definition) is 3. The number of piperidine rings is 1. The first-order valence-electron chi connectivity index (χ1n) is 7.38. The van der Waals surface area contributed by atoms with Gasteiger partial charge in [-0.05, 0) is 43.5 Å². The predicted octanol–water partition coefficient (Wildman–Crippen LogP) is 2.92. The Balaban J connectivity index is 2.09. The van der Waals surface area contributed by atoms with Gasteiger partial charge >= 0.3 is 0 Å². The van der Waals surface area contributed by atoms with Crippen LogP contribution < -0.4 is 10.5 Å². The lowest BCUT2D eigenvalue weighted by atomic mass is 9.99. The molecule has 0 bridgehead atoms. The number of nitrogens with zero attached hydrogens (tertiary/aromatic N) is 1. The van der Waals surface area contributed by atoms with E-state index >= 15 is 0 Å². The minimum atomic E-state index is 0.536. The summed E-state index contributed by atoms with van der Waals surface area (Å²) in [4.78, 5) is 2.62. The highest BCUT2D eigenvalue weighted by Crippen LogP contribution is 2.24. The molecule has 0 aromatic heterocycles. The number of ether oxygens (including phenoxy) is 1. The molecule has 0 spiro atoms. The van der Waals surface area contributed by atoms with E-state index in [-0.39, 0.29) is 0 Å². The Kier molecular flexibility index (Phi) is 5.23. The summed E-state index contributed by atoms with van der Waals surface area (Å²) in [6.45, 7) is 5.09. The molecule has 3 heteroatoms. The Hall–Kier alpha value is -1.06. The van der Waals surface area contributed by atoms with Crippen LogP contribution in [0, 0.1) is 0 Å². The van der Waals surface area contributed by atoms with Gasteiger partial charge in [0.1, 0.15) is 5.75 Å². The lowest BCUT2D eigenvalue weighted by Gasteiger charge is -2.35. The molecule has 2 rings (SSSR count). The summed E-state index contributed by atoms with van der Waals surface area (Å²) in [6, 6.07) is 7.15. The normalized spacial score (nSPS) is 20.5. The Morgan fingerprint density at radius 2 is 2.21 bits per heavy atom. The number of hydrogen-bond donors (Lipinski definition) is 1. The van der Waals surface area contributed by atoms with Crippen molar-refractivity contribution in [2.45, 2.75) is 51.7 Å². The highest BCUT2D eigenvalue weighted by molar-refractivity contribution is 5.37. The van der Waals surface area contributed by atoms with Crippen molar-refractivity contribution in [1.82, 2.24) is 4.90 Å². The molecule has 0 saturated carbocycles. The number of nitrogens with two attached hydrogens (primary N) is 1. The first-order valence-corrected chi connectivity index (χ1v) is 7.38. The van der Waals surface area contributed by atoms with Crippen LogP contribution in [-0.2, 0) is 13.1 Å². The SMILES string of the molecule is CCC1CCCCN1Cc1ccc(OC)c(CN)c1. The van der Waals surface area contributed by atoms with E-state index in [1.54, 1.807) is 7.11 Å². The van der Waals surface area contributed by atoms with E-state index in [1.807, 2.05) is 6.07 Å². The molecule has 1 unspecified atom stereocenters. The second-order valence-electron chi connectivity index (χ2n) is 5.38. The Bertz CT molecular complexity index is 406. The van der Waals surface area contributed by atoms with E-state index in [0.29, 0.717) is 6.54 Å². The standard InChI is InChI=1S/C16H26N2O/c1-3-15-6-4-5-9-18(15)12-13-7-8-16(19-2)14(10-13)11-17/h7-8,10,15H,3-6,9,11-12,17H2,1-2H3. The number of benzene rings is 1. The molecule has 1 aliphatic rings. The average Bonchev–Trinajstić information content (AvgIpc) is 2.47. The van der Waals surface area contributed by atoms with Gasteiger partial charge in [-0.1, -0.05) is 19.4 Å². The molecule has 2 N–H and O–H groups in total. The molecular formula is C16H26N2O. The highest BCUT2D eigenvalue weighted by Gasteiger charge is 2.20. The van der Waals surface area contributed by atoms with E-state index in [9.17, 15) is 0 Å². The first kappa shape index (κ1) is 14.4. The number of methoxy groups -OCH3 is 1. The molecule has 0 radical (unpaired) electrons. The molecule has 0 aliphatic carbocycles. The molecule has 19 heavy (non-hydrogen) atoms. The van der Waals surface area contributed by atoms with Crippen molar-refractivity contribution < 1.29 is 4.74 Å². The molecule has 106 valence electrons. The smallest absolute Gasteiger partial charge is 0.123 e. The van der Waals surface area contributed by atoms with Gasteiger partial charge in [-0.15, -0.1) is 0 Å². The summed E-state index contributed by atoms with van der Waals surface area (Å²) in [6.07, 6.45) is 5.30. The zero-order valence-corrected chi connectivity index (χ0v) is 12.2. The summed E-state index contributed by atoms with van der Waals surface area (Å²) < 4.78 is 5.33. The predicted molar refractivity (Wildman–Crippen MR) is 79.2 cm³/mol. The lowest BCUT2D eigenvalue weighted by molar-refractivity contribution is 0.136. The summed E-state index contributed by atoms with van der Waals surface area (Å²) in [5.41, 5.74) is 8.24. The molecule has 1 saturated heterocycles. The van der Waals surface area contributed by atoms with Gasteiger partial charge in [0, 0.05) is 24.7 Å². The molecule has 1 aromatic carbocycles. The van der Waals surface area contributed by atoms with Gasteiger partial charge in [0.2, 0.25) is 0 Å². The fourth-order valence-corrected chi connectivity index (χ4v) is 3.05. The Morgan fingerprint density at radius 1 is 1.37 bits per heavy atom. The van der Waals surface area contributed by atoms with E-state index in [1.165, 1.54) is 37.8 Å². The molecule has 0 amide bonds. The van der Waals surface area contributed by atoms with Gasteiger partial charge in [0.25, 0.3) is 0 Å². The van der Waals surface area contributed by atoms with Gasteiger partial charge in [0.05, 0.1) is 7.11 Å². The van der Waals surface area contributed by atoms with Crippen molar-refractivity contribution >= 4 is 0 Å². The van der Waals surface area contributed by atoms with Crippen molar-refractivity contribution in [3.63, 3.8) is 0 Å². The molecule has 1 atom stereocenters. The zero-order valence-electron chi connectivity index (χ0n) is 12.2. The monoisotopic (exact) mass is 262 g/mol. The second-order valence-corrected chi connectivity index (χ2v) is 5.38. The van der Waals surface area contributed by atoms with Gasteiger partial charge in [-0.2, -0.15) is 0 Å². The first-order chi connectivity index (χ1) is 9.28. The summed E-state index contributed by atoms with van der Waals surface area (Å²) in [7, 11) is 1.70. The van der Waals surface area contributed by atoms with Crippen LogP contribution in [0.1, 0.15) is 43.7 Å². The van der Waals surface area contributed by atoms with Crippen molar-refractivity contribution in [3.8, 4) is 5.75 Å². The van der Waals surface area contributed by atoms with Crippen LogP contribution >= 0.6 is 0 Å². The number of rotatable bonds is 5. The third-order valence-corrected chi connectivity index (χ3v) is 4.17. The molecule has 1 aliphatic heterocycles. The molecular weight excluding hydrogens is 236 g/mol. The Morgan fingerprint density at radius 3 is 2.89 bits per heavy atom. The van der Waals surface area contributed by atoms with Gasteiger partial charge < -0.3 is 10.5 Å². The Labute approximate surface area is 116 Å². The zero-order chi connectivity index (χ0) is 13.7. The van der Waals surface area contributed by atoms with Crippen molar-refractivity contribution in [2.75, 3.05) is 13.7 Å². The summed E-state index contributed by atoms with van der Waals surface area (Å²) >= 11 is 0. The summed E-state index contributed by atoms with van der Waals surface area (Å²) in [5, 5.41) is 0. The van der Waals surface area contributed by atoms with Crippen molar-refractivity contribution in [3.05, 3.63) is 29.3 Å². The van der Waals surface area contributed by atoms with Crippen LogP contribution in [-0.4, -0.2) is 24.6 Å². The van der Waals surface area contributed by atoms with E-state index in [2.05, 4.69) is 24.0 Å². The largest absolute Gasteiger partial charge is 0.496 e. The molecule has 1 heterocycles. The van der Waals surface area contributed by atoms with Crippen LogP contribution in [0.25, 0.3) is 0 Å². The van der Waals surface area contributed by atoms with Crippen LogP contribution in [0.2, 0.25) is 0 Å². The maximum atomic E-state index is 5.79. The van der Waals surface area contributed by atoms with Gasteiger partial charge in [-0.25, -0.2) is 0 Å². The summed E-state index contributed by atoms with van der Waals surface area (Å²) in [5.74, 6) is 0.900. The maximum absolute atomic E-state index is 5.79. The fraction of sp³-hybridized carbons (Fsp3) is 0.625. The quantitative estimate of drug-likeness (QED) is 0.886. The lowest BCUT2D eigenvalue weighted by Crippen LogP contribution is -2.38. The third kappa shape index (κ3) is 3.48. The highest BCUT2D eigenvalue weighted by atomic mass is 16.5. The van der Waals surface area contributed by atoms with Crippen molar-refractivity contribution in [2.24, 2.45) is 5.73 Å². The molecule has 1 aromatic rings. The molecule has 3 nitrogen and oxygen atoms in total. The maximum Gasteiger partial charge on any atom is 0.123 e. The fourth-order valence-electron chi connectivity index (χ4n) is 3.05. The van der Waals surface area contributed by atoms with Crippen LogP contribution in [0.5, 0.6) is 5.75 Å². The van der Waals surface area contributed by atoms with Crippen LogP contribution in [0.15, 0.2) is 18.2 Å². The van der Waals surface area contributed by atoms with Crippen LogP contribution in [0.3, 0.4) is 0 Å². The van der Waals surface area contributed by atoms with E-state index in [0.717, 1.165) is 23.9 Å². The second kappa shape index (κ2) is 6.92. The van der Waals surface area contributed by atoms with Crippen molar-refractivity contribution in [1.29, 1.82) is 0 Å². The number of likely N-dealkylation sites (tertiary alicyclic amines) is 1. The van der Waals surface area contributed by atoms with Gasteiger partial charge in [0.15, 0.2) is 0 Å². The molecule has 1 fully saturated rings. The minimum absolute atomic E-state index is 0.536. The average molecular weight is 262 g/mol. The van der Waals surface area contributed by atoms with E-state index < -0.39 is 0 Å². The topological polar surface area (TPSA) is 38.5 Å². The van der Waals surface area contributed by atoms with Crippen LogP contribution in [0.4, 0.5) is 0 Å². The minimum Gasteiger partial charge on any atom is -0.496 e. The third-order valence-electron chi connectivity index (χ3n) is 4.17.